The van der Waals surface area contributed by atoms with Crippen molar-refractivity contribution in [3.63, 3.8) is 0 Å². The molecule has 3 nitrogen and oxygen atoms in total. The maximum absolute atomic E-state index is 12.6. The van der Waals surface area contributed by atoms with Gasteiger partial charge in [-0.1, -0.05) is 25.4 Å². The van der Waals surface area contributed by atoms with E-state index in [4.69, 9.17) is 17.3 Å². The first-order valence-corrected chi connectivity index (χ1v) is 6.40. The van der Waals surface area contributed by atoms with Gasteiger partial charge in [0, 0.05) is 23.2 Å². The Balaban J connectivity index is 2.83. The van der Waals surface area contributed by atoms with Gasteiger partial charge in [-0.05, 0) is 24.1 Å². The van der Waals surface area contributed by atoms with Gasteiger partial charge in [0.25, 0.3) is 0 Å². The van der Waals surface area contributed by atoms with E-state index in [0.717, 1.165) is 12.1 Å². The summed E-state index contributed by atoms with van der Waals surface area (Å²) < 4.78 is 37.8. The van der Waals surface area contributed by atoms with Crippen molar-refractivity contribution in [1.82, 2.24) is 0 Å². The van der Waals surface area contributed by atoms with E-state index >= 15 is 0 Å². The molecule has 1 atom stereocenters. The molecule has 0 fully saturated rings. The molecule has 0 saturated heterocycles. The average molecular weight is 309 g/mol. The van der Waals surface area contributed by atoms with Crippen LogP contribution in [0.25, 0.3) is 0 Å². The second-order valence-electron chi connectivity index (χ2n) is 4.89. The second-order valence-corrected chi connectivity index (χ2v) is 5.32. The zero-order valence-electron chi connectivity index (χ0n) is 11.1. The summed E-state index contributed by atoms with van der Waals surface area (Å²) in [6.45, 7) is 3.72. The number of nitrogens with two attached hydrogens (primary N) is 1. The molecule has 0 aliphatic carbocycles. The third kappa shape index (κ3) is 5.02. The molecule has 3 N–H and O–H groups in total. The van der Waals surface area contributed by atoms with Crippen LogP contribution in [0.5, 0.6) is 0 Å². The summed E-state index contributed by atoms with van der Waals surface area (Å²) in [5.74, 6) is -0.340. The minimum Gasteiger partial charge on any atom is -0.327 e. The van der Waals surface area contributed by atoms with Crippen LogP contribution < -0.4 is 11.1 Å². The van der Waals surface area contributed by atoms with Crippen molar-refractivity contribution >= 4 is 23.2 Å². The van der Waals surface area contributed by atoms with E-state index in [1.807, 2.05) is 13.8 Å². The fraction of sp³-hybridized carbons (Fsp3) is 0.462. The van der Waals surface area contributed by atoms with Crippen LogP contribution in [-0.2, 0) is 11.0 Å². The molecule has 112 valence electrons. The van der Waals surface area contributed by atoms with E-state index in [1.54, 1.807) is 0 Å². The van der Waals surface area contributed by atoms with Crippen LogP contribution in [0.4, 0.5) is 18.9 Å². The number of nitrogens with one attached hydrogen (secondary N) is 1. The lowest BCUT2D eigenvalue weighted by Crippen LogP contribution is -2.31. The summed E-state index contributed by atoms with van der Waals surface area (Å²) in [5, 5.41) is 2.28. The Morgan fingerprint density at radius 3 is 2.45 bits per heavy atom. The van der Waals surface area contributed by atoms with E-state index in [9.17, 15) is 18.0 Å². The summed E-state index contributed by atoms with van der Waals surface area (Å²) in [5.41, 5.74) is 4.83. The van der Waals surface area contributed by atoms with Crippen molar-refractivity contribution in [2.24, 2.45) is 11.7 Å². The predicted molar refractivity (Wildman–Crippen MR) is 72.5 cm³/mol. The number of carbonyl (C=O) groups is 1. The first-order chi connectivity index (χ1) is 9.09. The van der Waals surface area contributed by atoms with Crippen LogP contribution >= 0.6 is 11.6 Å². The monoisotopic (exact) mass is 308 g/mol. The van der Waals surface area contributed by atoms with Crippen LogP contribution in [-0.4, -0.2) is 11.9 Å². The van der Waals surface area contributed by atoms with Gasteiger partial charge in [-0.2, -0.15) is 13.2 Å². The van der Waals surface area contributed by atoms with Crippen molar-refractivity contribution in [3.8, 4) is 0 Å². The Kier molecular flexibility index (Phi) is 5.42. The highest BCUT2D eigenvalue weighted by Gasteiger charge is 2.31. The summed E-state index contributed by atoms with van der Waals surface area (Å²) >= 11 is 5.62. The highest BCUT2D eigenvalue weighted by atomic mass is 35.5. The standard InChI is InChI=1S/C13H16ClF3N2O/c1-7(2)11(18)6-12(20)19-10-4-8(13(15,16)17)3-9(14)5-10/h3-5,7,11H,6,18H2,1-2H3,(H,19,20). The molecule has 0 aliphatic heterocycles. The van der Waals surface area contributed by atoms with Gasteiger partial charge in [0.05, 0.1) is 5.56 Å². The molecule has 0 saturated carbocycles. The molecule has 1 aromatic rings. The lowest BCUT2D eigenvalue weighted by Gasteiger charge is -2.16. The minimum atomic E-state index is -4.52. The quantitative estimate of drug-likeness (QED) is 0.891. The minimum absolute atomic E-state index is 0.00535. The van der Waals surface area contributed by atoms with Crippen LogP contribution in [0.1, 0.15) is 25.8 Å². The number of hydrogen-bond acceptors (Lipinski definition) is 2. The van der Waals surface area contributed by atoms with E-state index in [1.165, 1.54) is 6.07 Å². The Labute approximate surface area is 120 Å². The highest BCUT2D eigenvalue weighted by molar-refractivity contribution is 6.31. The molecule has 0 aromatic heterocycles. The van der Waals surface area contributed by atoms with Gasteiger partial charge in [-0.3, -0.25) is 4.79 Å². The van der Waals surface area contributed by atoms with Crippen molar-refractivity contribution in [1.29, 1.82) is 0 Å². The predicted octanol–water partition coefficient (Wildman–Crippen LogP) is 3.67. The van der Waals surface area contributed by atoms with Crippen molar-refractivity contribution in [2.45, 2.75) is 32.5 Å². The number of carbonyl (C=O) groups excluding carboxylic acids is 1. The Hall–Kier alpha value is -1.27. The Bertz CT molecular complexity index is 489. The summed E-state index contributed by atoms with van der Waals surface area (Å²) in [6.07, 6.45) is -4.48. The molecule has 0 aliphatic rings. The zero-order valence-corrected chi connectivity index (χ0v) is 11.8. The fourth-order valence-corrected chi connectivity index (χ4v) is 1.72. The van der Waals surface area contributed by atoms with Crippen molar-refractivity contribution in [3.05, 3.63) is 28.8 Å². The zero-order chi connectivity index (χ0) is 15.5. The number of amides is 1. The van der Waals surface area contributed by atoms with Crippen LogP contribution in [0.3, 0.4) is 0 Å². The largest absolute Gasteiger partial charge is 0.416 e. The maximum Gasteiger partial charge on any atom is 0.416 e. The topological polar surface area (TPSA) is 55.1 Å². The molecular weight excluding hydrogens is 293 g/mol. The van der Waals surface area contributed by atoms with E-state index in [2.05, 4.69) is 5.32 Å². The van der Waals surface area contributed by atoms with E-state index < -0.39 is 17.6 Å². The first kappa shape index (κ1) is 16.8. The van der Waals surface area contributed by atoms with Crippen LogP contribution in [0.2, 0.25) is 5.02 Å². The average Bonchev–Trinajstić information content (AvgIpc) is 2.26. The Morgan fingerprint density at radius 1 is 1.35 bits per heavy atom. The molecule has 20 heavy (non-hydrogen) atoms. The number of anilines is 1. The van der Waals surface area contributed by atoms with Gasteiger partial charge < -0.3 is 11.1 Å². The Morgan fingerprint density at radius 2 is 1.95 bits per heavy atom. The van der Waals surface area contributed by atoms with Crippen molar-refractivity contribution in [2.75, 3.05) is 5.32 Å². The molecular formula is C13H16ClF3N2O. The lowest BCUT2D eigenvalue weighted by atomic mass is 10.0. The summed E-state index contributed by atoms with van der Waals surface area (Å²) in [7, 11) is 0. The van der Waals surface area contributed by atoms with Gasteiger partial charge in [-0.25, -0.2) is 0 Å². The van der Waals surface area contributed by atoms with Crippen LogP contribution in [0.15, 0.2) is 18.2 Å². The van der Waals surface area contributed by atoms with Gasteiger partial charge in [0.15, 0.2) is 0 Å². The molecule has 1 amide bonds. The van der Waals surface area contributed by atoms with Crippen LogP contribution in [0, 0.1) is 5.92 Å². The molecule has 1 aromatic carbocycles. The first-order valence-electron chi connectivity index (χ1n) is 6.03. The number of rotatable bonds is 4. The van der Waals surface area contributed by atoms with E-state index in [-0.39, 0.29) is 29.1 Å². The molecule has 1 unspecified atom stereocenters. The summed E-state index contributed by atoms with van der Waals surface area (Å²) in [6, 6.07) is 2.55. The lowest BCUT2D eigenvalue weighted by molar-refractivity contribution is -0.137. The smallest absolute Gasteiger partial charge is 0.327 e. The molecule has 0 radical (unpaired) electrons. The van der Waals surface area contributed by atoms with Crippen molar-refractivity contribution < 1.29 is 18.0 Å². The number of alkyl halides is 3. The fourth-order valence-electron chi connectivity index (χ4n) is 1.49. The molecule has 0 heterocycles. The second kappa shape index (κ2) is 6.45. The highest BCUT2D eigenvalue weighted by Crippen LogP contribution is 2.33. The van der Waals surface area contributed by atoms with Gasteiger partial charge >= 0.3 is 6.18 Å². The van der Waals surface area contributed by atoms with Gasteiger partial charge in [-0.15, -0.1) is 0 Å². The number of hydrogen-bond donors (Lipinski definition) is 2. The molecule has 0 spiro atoms. The van der Waals surface area contributed by atoms with Gasteiger partial charge in [0.2, 0.25) is 5.91 Å². The summed E-state index contributed by atoms with van der Waals surface area (Å²) in [4.78, 5) is 11.7. The molecule has 1 rings (SSSR count). The third-order valence-electron chi connectivity index (χ3n) is 2.79. The number of halogens is 4. The van der Waals surface area contributed by atoms with E-state index in [0.29, 0.717) is 0 Å². The van der Waals surface area contributed by atoms with Gasteiger partial charge in [0.1, 0.15) is 0 Å². The SMILES string of the molecule is CC(C)C(N)CC(=O)Nc1cc(Cl)cc(C(F)(F)F)c1. The normalized spacial score (nSPS) is 13.4. The molecule has 0 bridgehead atoms. The molecule has 7 heteroatoms. The number of benzene rings is 1. The maximum atomic E-state index is 12.6. The third-order valence-corrected chi connectivity index (χ3v) is 3.00.